The van der Waals surface area contributed by atoms with Gasteiger partial charge in [0, 0.05) is 17.3 Å². The monoisotopic (exact) mass is 365 g/mol. The Kier molecular flexibility index (Phi) is 5.24. The Hall–Kier alpha value is -2.85. The topological polar surface area (TPSA) is 46.9 Å². The molecule has 132 valence electrons. The van der Waals surface area contributed by atoms with E-state index in [0.29, 0.717) is 10.7 Å². The van der Waals surface area contributed by atoms with E-state index in [1.54, 1.807) is 12.1 Å². The van der Waals surface area contributed by atoms with Crippen molar-refractivity contribution in [3.05, 3.63) is 82.1 Å². The molecule has 0 atom stereocenters. The molecule has 2 aromatic carbocycles. The molecule has 0 radical (unpaired) electrons. The number of hydrogen-bond donors (Lipinski definition) is 1. The molecule has 0 aliphatic heterocycles. The van der Waals surface area contributed by atoms with E-state index in [1.807, 2.05) is 67.9 Å². The molecule has 5 heteroatoms. The van der Waals surface area contributed by atoms with Gasteiger partial charge in [-0.3, -0.25) is 4.79 Å². The summed E-state index contributed by atoms with van der Waals surface area (Å²) in [5.74, 6) is -0.234. The van der Waals surface area contributed by atoms with Crippen LogP contribution >= 0.6 is 11.6 Å². The fourth-order valence-electron chi connectivity index (χ4n) is 2.77. The molecule has 0 unspecified atom stereocenters. The van der Waals surface area contributed by atoms with Crippen molar-refractivity contribution in [1.29, 1.82) is 0 Å². The summed E-state index contributed by atoms with van der Waals surface area (Å²) >= 11 is 6.16. The second kappa shape index (κ2) is 7.58. The van der Waals surface area contributed by atoms with Gasteiger partial charge >= 0.3 is 0 Å². The average Bonchev–Trinajstić information content (AvgIpc) is 2.90. The van der Waals surface area contributed by atoms with Gasteiger partial charge in [0.25, 0.3) is 0 Å². The minimum atomic E-state index is -0.234. The Morgan fingerprint density at radius 3 is 2.54 bits per heavy atom. The van der Waals surface area contributed by atoms with Crippen LogP contribution in [0.25, 0.3) is 11.8 Å². The first-order valence-electron chi connectivity index (χ1n) is 8.32. The molecule has 3 aromatic rings. The van der Waals surface area contributed by atoms with E-state index in [2.05, 4.69) is 10.4 Å². The van der Waals surface area contributed by atoms with Crippen molar-refractivity contribution in [1.82, 2.24) is 9.78 Å². The lowest BCUT2D eigenvalue weighted by Gasteiger charge is -2.05. The first-order chi connectivity index (χ1) is 12.5. The molecule has 0 aliphatic carbocycles. The summed E-state index contributed by atoms with van der Waals surface area (Å²) in [6.07, 6.45) is 3.29. The van der Waals surface area contributed by atoms with E-state index in [4.69, 9.17) is 11.6 Å². The van der Waals surface area contributed by atoms with Crippen molar-refractivity contribution in [2.75, 3.05) is 5.32 Å². The highest BCUT2D eigenvalue weighted by atomic mass is 35.5. The van der Waals surface area contributed by atoms with E-state index in [1.165, 1.54) is 6.08 Å². The Balaban J connectivity index is 1.80. The SMILES string of the molecule is Cc1ccc(NC(=O)C=Cc2c(C)nn(-c3ccccc3)c2C)c(Cl)c1. The van der Waals surface area contributed by atoms with Crippen LogP contribution < -0.4 is 5.32 Å². The van der Waals surface area contributed by atoms with Crippen LogP contribution in [0.2, 0.25) is 5.02 Å². The molecule has 0 fully saturated rings. The summed E-state index contributed by atoms with van der Waals surface area (Å²) in [4.78, 5) is 12.2. The summed E-state index contributed by atoms with van der Waals surface area (Å²) < 4.78 is 1.88. The van der Waals surface area contributed by atoms with E-state index in [0.717, 1.165) is 28.2 Å². The Morgan fingerprint density at radius 1 is 1.12 bits per heavy atom. The van der Waals surface area contributed by atoms with E-state index in [9.17, 15) is 4.79 Å². The Bertz CT molecular complexity index is 974. The number of nitrogens with one attached hydrogen (secondary N) is 1. The molecule has 0 aliphatic rings. The molecule has 1 amide bonds. The minimum Gasteiger partial charge on any atom is -0.321 e. The molecule has 0 spiro atoms. The van der Waals surface area contributed by atoms with Crippen LogP contribution in [0.5, 0.6) is 0 Å². The van der Waals surface area contributed by atoms with Crippen molar-refractivity contribution in [2.45, 2.75) is 20.8 Å². The standard InChI is InChI=1S/C21H20ClN3O/c1-14-9-11-20(19(22)13-14)23-21(26)12-10-18-15(2)24-25(16(18)3)17-7-5-4-6-8-17/h4-13H,1-3H3,(H,23,26). The van der Waals surface area contributed by atoms with Gasteiger partial charge in [-0.15, -0.1) is 0 Å². The van der Waals surface area contributed by atoms with Gasteiger partial charge in [0.05, 0.1) is 22.1 Å². The van der Waals surface area contributed by atoms with Crippen molar-refractivity contribution in [2.24, 2.45) is 0 Å². The molecule has 4 nitrogen and oxygen atoms in total. The number of aryl methyl sites for hydroxylation is 2. The van der Waals surface area contributed by atoms with Crippen molar-refractivity contribution >= 4 is 29.3 Å². The highest BCUT2D eigenvalue weighted by Crippen LogP contribution is 2.23. The highest BCUT2D eigenvalue weighted by molar-refractivity contribution is 6.33. The molecule has 0 saturated carbocycles. The molecule has 1 aromatic heterocycles. The Morgan fingerprint density at radius 2 is 1.85 bits per heavy atom. The number of rotatable bonds is 4. The second-order valence-electron chi connectivity index (χ2n) is 6.14. The van der Waals surface area contributed by atoms with Gasteiger partial charge in [0.2, 0.25) is 5.91 Å². The summed E-state index contributed by atoms with van der Waals surface area (Å²) in [6, 6.07) is 15.4. The molecule has 1 N–H and O–H groups in total. The van der Waals surface area contributed by atoms with Crippen LogP contribution in [0, 0.1) is 20.8 Å². The Labute approximate surface area is 158 Å². The number of nitrogens with zero attached hydrogens (tertiary/aromatic N) is 2. The maximum absolute atomic E-state index is 12.2. The summed E-state index contributed by atoms with van der Waals surface area (Å²) in [7, 11) is 0. The van der Waals surface area contributed by atoms with Crippen LogP contribution in [-0.2, 0) is 4.79 Å². The maximum atomic E-state index is 12.2. The van der Waals surface area contributed by atoms with Crippen LogP contribution in [0.15, 0.2) is 54.6 Å². The van der Waals surface area contributed by atoms with E-state index < -0.39 is 0 Å². The van der Waals surface area contributed by atoms with Crippen LogP contribution in [0.1, 0.15) is 22.5 Å². The number of carbonyl (C=O) groups is 1. The second-order valence-corrected chi connectivity index (χ2v) is 6.54. The van der Waals surface area contributed by atoms with Crippen LogP contribution in [0.3, 0.4) is 0 Å². The third kappa shape index (κ3) is 3.86. The van der Waals surface area contributed by atoms with Gasteiger partial charge in [-0.05, 0) is 56.7 Å². The van der Waals surface area contributed by atoms with Gasteiger partial charge in [0.15, 0.2) is 0 Å². The largest absolute Gasteiger partial charge is 0.321 e. The fraction of sp³-hybridized carbons (Fsp3) is 0.143. The normalized spacial score (nSPS) is 11.1. The first kappa shape index (κ1) is 18.0. The molecule has 26 heavy (non-hydrogen) atoms. The van der Waals surface area contributed by atoms with Gasteiger partial charge in [-0.1, -0.05) is 35.9 Å². The number of benzene rings is 2. The van der Waals surface area contributed by atoms with Crippen LogP contribution in [-0.4, -0.2) is 15.7 Å². The minimum absolute atomic E-state index is 0.234. The number of carbonyl (C=O) groups excluding carboxylic acids is 1. The third-order valence-electron chi connectivity index (χ3n) is 4.13. The lowest BCUT2D eigenvalue weighted by molar-refractivity contribution is -0.111. The lowest BCUT2D eigenvalue weighted by Crippen LogP contribution is -2.08. The molecular formula is C21H20ClN3O. The van der Waals surface area contributed by atoms with Gasteiger partial charge in [0.1, 0.15) is 0 Å². The highest BCUT2D eigenvalue weighted by Gasteiger charge is 2.11. The van der Waals surface area contributed by atoms with Gasteiger partial charge in [-0.2, -0.15) is 5.10 Å². The fourth-order valence-corrected chi connectivity index (χ4v) is 3.05. The quantitative estimate of drug-likeness (QED) is 0.653. The summed E-state index contributed by atoms with van der Waals surface area (Å²) in [5.41, 5.74) is 5.40. The van der Waals surface area contributed by atoms with E-state index in [-0.39, 0.29) is 5.91 Å². The smallest absolute Gasteiger partial charge is 0.248 e. The zero-order chi connectivity index (χ0) is 18.7. The van der Waals surface area contributed by atoms with Crippen LogP contribution in [0.4, 0.5) is 5.69 Å². The molecular weight excluding hydrogens is 346 g/mol. The van der Waals surface area contributed by atoms with E-state index >= 15 is 0 Å². The number of hydrogen-bond acceptors (Lipinski definition) is 2. The van der Waals surface area contributed by atoms with Crippen molar-refractivity contribution in [3.8, 4) is 5.69 Å². The molecule has 3 rings (SSSR count). The summed E-state index contributed by atoms with van der Waals surface area (Å²) in [5, 5.41) is 7.90. The first-order valence-corrected chi connectivity index (χ1v) is 8.70. The molecule has 0 bridgehead atoms. The average molecular weight is 366 g/mol. The predicted molar refractivity (Wildman–Crippen MR) is 107 cm³/mol. The number of amides is 1. The number of anilines is 1. The predicted octanol–water partition coefficient (Wildman–Crippen LogP) is 5.10. The van der Waals surface area contributed by atoms with Gasteiger partial charge in [-0.25, -0.2) is 4.68 Å². The maximum Gasteiger partial charge on any atom is 0.248 e. The van der Waals surface area contributed by atoms with Crippen molar-refractivity contribution in [3.63, 3.8) is 0 Å². The number of halogens is 1. The molecule has 1 heterocycles. The zero-order valence-electron chi connectivity index (χ0n) is 15.0. The van der Waals surface area contributed by atoms with Crippen molar-refractivity contribution < 1.29 is 4.79 Å². The number of aromatic nitrogens is 2. The summed E-state index contributed by atoms with van der Waals surface area (Å²) in [6.45, 7) is 5.87. The zero-order valence-corrected chi connectivity index (χ0v) is 15.7. The molecule has 0 saturated heterocycles. The lowest BCUT2D eigenvalue weighted by atomic mass is 10.1. The van der Waals surface area contributed by atoms with Gasteiger partial charge < -0.3 is 5.32 Å². The third-order valence-corrected chi connectivity index (χ3v) is 4.44. The number of para-hydroxylation sites is 1.